The molecular formula is C22H22F3N7O4. The highest BCUT2D eigenvalue weighted by Crippen LogP contribution is 2.24. The number of H-pyrrole nitrogens is 1. The number of nitrogens with zero attached hydrogens (tertiary/aromatic N) is 5. The minimum Gasteiger partial charge on any atom is -0.344 e. The molecule has 0 spiro atoms. The number of hydrogen-bond acceptors (Lipinski definition) is 7. The van der Waals surface area contributed by atoms with Gasteiger partial charge in [0.1, 0.15) is 12.2 Å². The van der Waals surface area contributed by atoms with Crippen molar-refractivity contribution in [3.63, 3.8) is 0 Å². The van der Waals surface area contributed by atoms with Crippen LogP contribution in [-0.2, 0) is 20.9 Å². The van der Waals surface area contributed by atoms with Crippen LogP contribution in [0.3, 0.4) is 0 Å². The molecule has 2 N–H and O–H groups in total. The van der Waals surface area contributed by atoms with Gasteiger partial charge in [-0.3, -0.25) is 23.7 Å². The SMILES string of the molecule is CC(=O)N(c1nnn[nH]1)c1ccc(-c2ccccc2)n(CC(=O)NC(C(=O)C(F)(F)F)C(C)C)c1=O. The van der Waals surface area contributed by atoms with Crippen molar-refractivity contribution in [1.82, 2.24) is 30.5 Å². The van der Waals surface area contributed by atoms with Gasteiger partial charge in [0.2, 0.25) is 11.8 Å². The molecule has 0 radical (unpaired) electrons. The zero-order valence-electron chi connectivity index (χ0n) is 19.4. The molecule has 0 aliphatic heterocycles. The largest absolute Gasteiger partial charge is 0.452 e. The third-order valence-electron chi connectivity index (χ3n) is 5.17. The van der Waals surface area contributed by atoms with Crippen LogP contribution in [0.5, 0.6) is 0 Å². The van der Waals surface area contributed by atoms with E-state index in [-0.39, 0.29) is 17.3 Å². The van der Waals surface area contributed by atoms with Crippen molar-refractivity contribution in [2.45, 2.75) is 39.5 Å². The third-order valence-corrected chi connectivity index (χ3v) is 5.17. The maximum absolute atomic E-state index is 13.5. The van der Waals surface area contributed by atoms with Crippen LogP contribution in [0, 0.1) is 5.92 Å². The molecule has 0 saturated heterocycles. The molecule has 0 saturated carbocycles. The smallest absolute Gasteiger partial charge is 0.344 e. The van der Waals surface area contributed by atoms with E-state index in [9.17, 15) is 32.3 Å². The average molecular weight is 505 g/mol. The number of amides is 2. The van der Waals surface area contributed by atoms with Gasteiger partial charge >= 0.3 is 6.18 Å². The monoisotopic (exact) mass is 505 g/mol. The number of anilines is 2. The van der Waals surface area contributed by atoms with Crippen LogP contribution in [0.15, 0.2) is 47.3 Å². The van der Waals surface area contributed by atoms with E-state index in [1.807, 2.05) is 0 Å². The van der Waals surface area contributed by atoms with Crippen LogP contribution in [0.1, 0.15) is 20.8 Å². The number of carbonyl (C=O) groups is 3. The van der Waals surface area contributed by atoms with Crippen molar-refractivity contribution in [3.05, 3.63) is 52.8 Å². The Hall–Kier alpha value is -4.36. The molecule has 1 unspecified atom stereocenters. The highest BCUT2D eigenvalue weighted by Gasteiger charge is 2.45. The lowest BCUT2D eigenvalue weighted by molar-refractivity contribution is -0.174. The van der Waals surface area contributed by atoms with Crippen molar-refractivity contribution < 1.29 is 27.6 Å². The summed E-state index contributed by atoms with van der Waals surface area (Å²) >= 11 is 0. The van der Waals surface area contributed by atoms with Crippen molar-refractivity contribution in [1.29, 1.82) is 0 Å². The predicted octanol–water partition coefficient (Wildman–Crippen LogP) is 1.99. The summed E-state index contributed by atoms with van der Waals surface area (Å²) in [5.74, 6) is -4.75. The van der Waals surface area contributed by atoms with E-state index in [1.54, 1.807) is 30.3 Å². The number of nitrogens with one attached hydrogen (secondary N) is 2. The summed E-state index contributed by atoms with van der Waals surface area (Å²) in [6.07, 6.45) is -5.15. The maximum Gasteiger partial charge on any atom is 0.452 e. The van der Waals surface area contributed by atoms with Gasteiger partial charge in [0.15, 0.2) is 0 Å². The highest BCUT2D eigenvalue weighted by molar-refractivity contribution is 5.97. The van der Waals surface area contributed by atoms with E-state index < -0.39 is 47.8 Å². The number of tetrazole rings is 1. The first-order valence-electron chi connectivity index (χ1n) is 10.7. The first-order chi connectivity index (χ1) is 16.9. The molecule has 0 bridgehead atoms. The summed E-state index contributed by atoms with van der Waals surface area (Å²) in [5.41, 5.74) is -0.250. The van der Waals surface area contributed by atoms with Crippen molar-refractivity contribution in [2.75, 3.05) is 4.90 Å². The fourth-order valence-electron chi connectivity index (χ4n) is 3.51. The minimum atomic E-state index is -5.15. The summed E-state index contributed by atoms with van der Waals surface area (Å²) in [7, 11) is 0. The Bertz CT molecular complexity index is 1310. The Morgan fingerprint density at radius 3 is 2.31 bits per heavy atom. The van der Waals surface area contributed by atoms with Crippen LogP contribution in [-0.4, -0.2) is 55.0 Å². The molecular weight excluding hydrogens is 483 g/mol. The predicted molar refractivity (Wildman–Crippen MR) is 121 cm³/mol. The lowest BCUT2D eigenvalue weighted by Crippen LogP contribution is -2.51. The lowest BCUT2D eigenvalue weighted by atomic mass is 9.99. The van der Waals surface area contributed by atoms with Gasteiger partial charge < -0.3 is 5.32 Å². The first kappa shape index (κ1) is 26.2. The summed E-state index contributed by atoms with van der Waals surface area (Å²) in [6, 6.07) is 9.41. The fraction of sp³-hybridized carbons (Fsp3) is 0.318. The summed E-state index contributed by atoms with van der Waals surface area (Å²) in [5, 5.41) is 14.9. The molecule has 0 aliphatic carbocycles. The molecule has 0 aliphatic rings. The van der Waals surface area contributed by atoms with E-state index in [2.05, 4.69) is 25.9 Å². The summed E-state index contributed by atoms with van der Waals surface area (Å²) in [4.78, 5) is 51.4. The number of rotatable bonds is 8. The molecule has 1 aromatic carbocycles. The van der Waals surface area contributed by atoms with Gasteiger partial charge in [-0.1, -0.05) is 49.3 Å². The first-order valence-corrected chi connectivity index (χ1v) is 10.7. The molecule has 2 aromatic heterocycles. The van der Waals surface area contributed by atoms with Gasteiger partial charge in [-0.25, -0.2) is 10.00 Å². The average Bonchev–Trinajstić information content (AvgIpc) is 3.33. The molecule has 36 heavy (non-hydrogen) atoms. The number of carbonyl (C=O) groups excluding carboxylic acids is 3. The lowest BCUT2D eigenvalue weighted by Gasteiger charge is -2.23. The molecule has 14 heteroatoms. The Kier molecular flexibility index (Phi) is 7.65. The Labute approximate surface area is 202 Å². The van der Waals surface area contributed by atoms with E-state index in [0.29, 0.717) is 5.56 Å². The number of aromatic nitrogens is 5. The second-order valence-electron chi connectivity index (χ2n) is 8.09. The zero-order valence-corrected chi connectivity index (χ0v) is 19.4. The molecule has 3 rings (SSSR count). The molecule has 2 amide bonds. The normalized spacial score (nSPS) is 12.3. The third kappa shape index (κ3) is 5.64. The number of pyridine rings is 1. The van der Waals surface area contributed by atoms with Crippen molar-refractivity contribution in [3.8, 4) is 11.3 Å². The van der Waals surface area contributed by atoms with Crippen LogP contribution < -0.4 is 15.8 Å². The number of Topliss-reactive ketones (excluding diaryl/α,β-unsaturated/α-hetero) is 1. The Morgan fingerprint density at radius 1 is 1.11 bits per heavy atom. The standard InChI is InChI=1S/C22H22F3N7O4/c1-12(2)18(19(35)22(23,24)25)26-17(34)11-31-15(14-7-5-4-6-8-14)9-10-16(20(31)36)32(13(3)33)21-27-29-30-28-21/h4-10,12,18H,11H2,1-3H3,(H,26,34)(H,27,28,29,30). The Balaban J connectivity index is 2.07. The van der Waals surface area contributed by atoms with Crippen LogP contribution in [0.25, 0.3) is 11.3 Å². The number of halogens is 3. The van der Waals surface area contributed by atoms with Crippen molar-refractivity contribution in [2.24, 2.45) is 5.92 Å². The molecule has 190 valence electrons. The summed E-state index contributed by atoms with van der Waals surface area (Å²) < 4.78 is 40.1. The van der Waals surface area contributed by atoms with Gasteiger partial charge in [-0.2, -0.15) is 13.2 Å². The van der Waals surface area contributed by atoms with Crippen LogP contribution in [0.4, 0.5) is 24.8 Å². The van der Waals surface area contributed by atoms with Gasteiger partial charge in [0, 0.05) is 6.92 Å². The van der Waals surface area contributed by atoms with Crippen LogP contribution >= 0.6 is 0 Å². The number of ketones is 1. The number of benzene rings is 1. The van der Waals surface area contributed by atoms with E-state index in [0.717, 1.165) is 9.47 Å². The van der Waals surface area contributed by atoms with E-state index in [4.69, 9.17) is 0 Å². The van der Waals surface area contributed by atoms with Crippen LogP contribution in [0.2, 0.25) is 0 Å². The van der Waals surface area contributed by atoms with Crippen molar-refractivity contribution >= 4 is 29.2 Å². The van der Waals surface area contributed by atoms with Gasteiger partial charge in [-0.15, -0.1) is 0 Å². The van der Waals surface area contributed by atoms with Gasteiger partial charge in [0.05, 0.1) is 11.7 Å². The minimum absolute atomic E-state index is 0.154. The van der Waals surface area contributed by atoms with E-state index in [1.165, 1.54) is 32.9 Å². The molecule has 11 nitrogen and oxygen atoms in total. The fourth-order valence-corrected chi connectivity index (χ4v) is 3.51. The highest BCUT2D eigenvalue weighted by atomic mass is 19.4. The maximum atomic E-state index is 13.5. The zero-order chi connectivity index (χ0) is 26.6. The molecule has 0 fully saturated rings. The molecule has 1 atom stereocenters. The van der Waals surface area contributed by atoms with E-state index >= 15 is 0 Å². The summed E-state index contributed by atoms with van der Waals surface area (Å²) in [6.45, 7) is 3.14. The number of hydrogen-bond donors (Lipinski definition) is 2. The number of aromatic amines is 1. The quantitative estimate of drug-likeness (QED) is 0.477. The van der Waals surface area contributed by atoms with Gasteiger partial charge in [-0.05, 0) is 34.0 Å². The molecule has 3 aromatic rings. The van der Waals surface area contributed by atoms with Gasteiger partial charge in [0.25, 0.3) is 17.3 Å². The second kappa shape index (κ2) is 10.5. The Morgan fingerprint density at radius 2 is 1.78 bits per heavy atom. The number of alkyl halides is 3. The second-order valence-corrected chi connectivity index (χ2v) is 8.09. The topological polar surface area (TPSA) is 143 Å². The molecule has 2 heterocycles.